The number of benzene rings is 1. The summed E-state index contributed by atoms with van der Waals surface area (Å²) in [6.45, 7) is 6.90. The molecule has 0 fully saturated rings. The second-order valence-electron chi connectivity index (χ2n) is 3.02. The molecule has 0 saturated heterocycles. The lowest BCUT2D eigenvalue weighted by Crippen LogP contribution is -2.00. The van der Waals surface area contributed by atoms with Crippen molar-refractivity contribution in [2.24, 2.45) is 4.99 Å². The van der Waals surface area contributed by atoms with Gasteiger partial charge in [-0.3, -0.25) is 0 Å². The zero-order valence-corrected chi connectivity index (χ0v) is 9.55. The van der Waals surface area contributed by atoms with Crippen molar-refractivity contribution in [3.05, 3.63) is 54.4 Å². The molecule has 0 heterocycles. The van der Waals surface area contributed by atoms with Crippen LogP contribution in [0, 0.1) is 0 Å². The molecule has 0 spiro atoms. The van der Waals surface area contributed by atoms with E-state index in [1.165, 1.54) is 7.11 Å². The number of esters is 1. The molecule has 0 atom stereocenters. The second-order valence-corrected chi connectivity index (χ2v) is 3.02. The lowest BCUT2D eigenvalue weighted by atomic mass is 10.2. The minimum atomic E-state index is -0.389. The lowest BCUT2D eigenvalue weighted by Gasteiger charge is -2.05. The van der Waals surface area contributed by atoms with Gasteiger partial charge in [0.15, 0.2) is 0 Å². The summed E-state index contributed by atoms with van der Waals surface area (Å²) in [5, 5.41) is 0. The Hall–Kier alpha value is -2.36. The Kier molecular flexibility index (Phi) is 4.69. The number of carbonyl (C=O) groups excluding carboxylic acids is 1. The van der Waals surface area contributed by atoms with Crippen molar-refractivity contribution in [3.63, 3.8) is 0 Å². The van der Waals surface area contributed by atoms with Crippen molar-refractivity contribution in [1.82, 2.24) is 0 Å². The van der Waals surface area contributed by atoms with Gasteiger partial charge in [0.25, 0.3) is 0 Å². The molecule has 0 aliphatic carbocycles. The molecule has 0 radical (unpaired) electrons. The Labute approximate surface area is 99.9 Å². The maximum absolute atomic E-state index is 11.2. The number of aliphatic imine (C=N–C) groups is 1. The summed E-state index contributed by atoms with van der Waals surface area (Å²) in [6.07, 6.45) is 3.13. The standard InChI is InChI=1S/C13H13NO3/c1-4-5-12(14-2)17-11-8-6-10(7-9-11)13(15)16-3/h4-9H,1-2H2,3H3/b12-5+. The van der Waals surface area contributed by atoms with E-state index in [0.29, 0.717) is 17.2 Å². The highest BCUT2D eigenvalue weighted by molar-refractivity contribution is 5.89. The van der Waals surface area contributed by atoms with Gasteiger partial charge in [0, 0.05) is 6.08 Å². The number of ether oxygens (including phenoxy) is 2. The Bertz CT molecular complexity index is 446. The first-order valence-electron chi connectivity index (χ1n) is 4.87. The molecule has 0 bridgehead atoms. The maximum Gasteiger partial charge on any atom is 0.337 e. The van der Waals surface area contributed by atoms with Gasteiger partial charge in [-0.15, -0.1) is 0 Å². The summed E-state index contributed by atoms with van der Waals surface area (Å²) in [4.78, 5) is 14.9. The second kappa shape index (κ2) is 6.27. The topological polar surface area (TPSA) is 47.9 Å². The third-order valence-corrected chi connectivity index (χ3v) is 1.91. The van der Waals surface area contributed by atoms with Gasteiger partial charge in [0.05, 0.1) is 12.7 Å². The van der Waals surface area contributed by atoms with Crippen LogP contribution in [-0.2, 0) is 4.74 Å². The van der Waals surface area contributed by atoms with E-state index < -0.39 is 0 Å². The average Bonchev–Trinajstić information content (AvgIpc) is 2.38. The number of rotatable bonds is 5. The van der Waals surface area contributed by atoms with E-state index in [1.54, 1.807) is 36.4 Å². The molecule has 1 rings (SSSR count). The zero-order valence-electron chi connectivity index (χ0n) is 9.55. The van der Waals surface area contributed by atoms with Gasteiger partial charge in [0.2, 0.25) is 5.88 Å². The van der Waals surface area contributed by atoms with Gasteiger partial charge in [-0.2, -0.15) is 0 Å². The van der Waals surface area contributed by atoms with E-state index in [-0.39, 0.29) is 5.97 Å². The molecule has 0 aromatic heterocycles. The molecule has 1 aromatic rings. The van der Waals surface area contributed by atoms with Crippen molar-refractivity contribution < 1.29 is 14.3 Å². The van der Waals surface area contributed by atoms with E-state index in [9.17, 15) is 4.79 Å². The molecule has 0 aliphatic rings. The van der Waals surface area contributed by atoms with Crippen LogP contribution in [0.2, 0.25) is 0 Å². The summed E-state index contributed by atoms with van der Waals surface area (Å²) < 4.78 is 9.97. The monoisotopic (exact) mass is 231 g/mol. The smallest absolute Gasteiger partial charge is 0.337 e. The minimum absolute atomic E-state index is 0.339. The van der Waals surface area contributed by atoms with E-state index in [0.717, 1.165) is 0 Å². The van der Waals surface area contributed by atoms with Crippen molar-refractivity contribution in [2.45, 2.75) is 0 Å². The number of carbonyl (C=O) groups is 1. The quantitative estimate of drug-likeness (QED) is 0.338. The Morgan fingerprint density at radius 3 is 2.47 bits per heavy atom. The molecule has 0 saturated carbocycles. The average molecular weight is 231 g/mol. The lowest BCUT2D eigenvalue weighted by molar-refractivity contribution is 0.0600. The van der Waals surface area contributed by atoms with E-state index >= 15 is 0 Å². The van der Waals surface area contributed by atoms with E-state index in [1.807, 2.05) is 0 Å². The molecule has 4 nitrogen and oxygen atoms in total. The summed E-state index contributed by atoms with van der Waals surface area (Å²) in [6, 6.07) is 6.51. The Morgan fingerprint density at radius 1 is 1.35 bits per heavy atom. The van der Waals surface area contributed by atoms with E-state index in [2.05, 4.69) is 23.0 Å². The molecule has 0 unspecified atom stereocenters. The first-order valence-corrected chi connectivity index (χ1v) is 4.87. The van der Waals surface area contributed by atoms with Crippen LogP contribution in [0.4, 0.5) is 0 Å². The Balaban J connectivity index is 2.81. The first kappa shape index (κ1) is 12.7. The molecule has 88 valence electrons. The first-order chi connectivity index (χ1) is 8.21. The van der Waals surface area contributed by atoms with Crippen LogP contribution >= 0.6 is 0 Å². The zero-order chi connectivity index (χ0) is 12.7. The normalized spacial score (nSPS) is 10.5. The van der Waals surface area contributed by atoms with Gasteiger partial charge in [-0.25, -0.2) is 9.79 Å². The fraction of sp³-hybridized carbons (Fsp3) is 0.0769. The fourth-order valence-corrected chi connectivity index (χ4v) is 1.12. The largest absolute Gasteiger partial charge is 0.465 e. The van der Waals surface area contributed by atoms with Gasteiger partial charge in [0.1, 0.15) is 5.75 Å². The van der Waals surface area contributed by atoms with Crippen LogP contribution in [0.3, 0.4) is 0 Å². The predicted octanol–water partition coefficient (Wildman–Crippen LogP) is 2.58. The highest BCUT2D eigenvalue weighted by atomic mass is 16.5. The molecular formula is C13H13NO3. The number of nitrogens with zero attached hydrogens (tertiary/aromatic N) is 1. The van der Waals surface area contributed by atoms with Crippen LogP contribution in [-0.4, -0.2) is 19.8 Å². The van der Waals surface area contributed by atoms with Gasteiger partial charge < -0.3 is 9.47 Å². The third kappa shape index (κ3) is 3.61. The number of hydrogen-bond donors (Lipinski definition) is 0. The molecule has 1 aromatic carbocycles. The van der Waals surface area contributed by atoms with Crippen LogP contribution < -0.4 is 4.74 Å². The highest BCUT2D eigenvalue weighted by Crippen LogP contribution is 2.16. The molecule has 0 amide bonds. The molecule has 4 heteroatoms. The molecule has 17 heavy (non-hydrogen) atoms. The SMILES string of the molecule is C=C/C=C(\N=C)Oc1ccc(C(=O)OC)cc1. The minimum Gasteiger partial charge on any atom is -0.465 e. The van der Waals surface area contributed by atoms with Crippen molar-refractivity contribution in [1.29, 1.82) is 0 Å². The molecular weight excluding hydrogens is 218 g/mol. The van der Waals surface area contributed by atoms with Gasteiger partial charge >= 0.3 is 5.97 Å². The molecule has 0 N–H and O–H groups in total. The van der Waals surface area contributed by atoms with Gasteiger partial charge in [-0.05, 0) is 31.0 Å². The summed E-state index contributed by atoms with van der Waals surface area (Å²) in [5.41, 5.74) is 0.459. The number of allylic oxidation sites excluding steroid dienone is 2. The third-order valence-electron chi connectivity index (χ3n) is 1.91. The van der Waals surface area contributed by atoms with Crippen molar-refractivity contribution in [3.8, 4) is 5.75 Å². The van der Waals surface area contributed by atoms with E-state index in [4.69, 9.17) is 4.74 Å². The number of methoxy groups -OCH3 is 1. The predicted molar refractivity (Wildman–Crippen MR) is 66.2 cm³/mol. The summed E-state index contributed by atoms with van der Waals surface area (Å²) in [5.74, 6) is 0.504. The van der Waals surface area contributed by atoms with Crippen molar-refractivity contribution in [2.75, 3.05) is 7.11 Å². The van der Waals surface area contributed by atoms with Crippen LogP contribution in [0.25, 0.3) is 0 Å². The van der Waals surface area contributed by atoms with Gasteiger partial charge in [-0.1, -0.05) is 12.7 Å². The van der Waals surface area contributed by atoms with Crippen LogP contribution in [0.1, 0.15) is 10.4 Å². The highest BCUT2D eigenvalue weighted by Gasteiger charge is 2.05. The van der Waals surface area contributed by atoms with Crippen LogP contribution in [0.5, 0.6) is 5.75 Å². The van der Waals surface area contributed by atoms with Crippen LogP contribution in [0.15, 0.2) is 53.9 Å². The van der Waals surface area contributed by atoms with Crippen molar-refractivity contribution >= 4 is 12.7 Å². The molecule has 0 aliphatic heterocycles. The summed E-state index contributed by atoms with van der Waals surface area (Å²) in [7, 11) is 1.33. The summed E-state index contributed by atoms with van der Waals surface area (Å²) >= 11 is 0. The fourth-order valence-electron chi connectivity index (χ4n) is 1.12. The number of hydrogen-bond acceptors (Lipinski definition) is 4. The maximum atomic E-state index is 11.2. The Morgan fingerprint density at radius 2 is 2.00 bits per heavy atom.